The molecule has 0 bridgehead atoms. The standard InChI is InChI=1S/C10H14N2/c1-4-10(3,6-8-12)9(2)5-7-11/h2,4-6H2,1,3H3. The van der Waals surface area contributed by atoms with Crippen molar-refractivity contribution in [2.45, 2.75) is 33.1 Å². The molecule has 0 aromatic carbocycles. The van der Waals surface area contributed by atoms with Crippen molar-refractivity contribution < 1.29 is 0 Å². The maximum atomic E-state index is 8.58. The van der Waals surface area contributed by atoms with Gasteiger partial charge in [-0.15, -0.1) is 0 Å². The molecule has 0 aliphatic carbocycles. The van der Waals surface area contributed by atoms with Gasteiger partial charge in [0.05, 0.1) is 18.6 Å². The molecule has 0 aliphatic rings. The first kappa shape index (κ1) is 10.7. The van der Waals surface area contributed by atoms with E-state index in [1.807, 2.05) is 13.8 Å². The third-order valence-corrected chi connectivity index (χ3v) is 2.40. The van der Waals surface area contributed by atoms with Crippen molar-refractivity contribution in [3.05, 3.63) is 12.2 Å². The summed E-state index contributed by atoms with van der Waals surface area (Å²) in [6.45, 7) is 7.83. The Hall–Kier alpha value is -1.28. The van der Waals surface area contributed by atoms with E-state index in [9.17, 15) is 0 Å². The number of rotatable bonds is 4. The van der Waals surface area contributed by atoms with Gasteiger partial charge in [-0.1, -0.05) is 26.0 Å². The van der Waals surface area contributed by atoms with Gasteiger partial charge in [0.15, 0.2) is 0 Å². The fourth-order valence-corrected chi connectivity index (χ4v) is 0.983. The molecule has 2 heteroatoms. The molecule has 0 spiro atoms. The summed E-state index contributed by atoms with van der Waals surface area (Å²) in [6, 6.07) is 4.19. The first-order chi connectivity index (χ1) is 5.60. The molecule has 0 aromatic rings. The average Bonchev–Trinajstić information content (AvgIpc) is 2.05. The zero-order chi connectivity index (χ0) is 9.61. The van der Waals surface area contributed by atoms with Gasteiger partial charge < -0.3 is 0 Å². The fourth-order valence-electron chi connectivity index (χ4n) is 0.983. The van der Waals surface area contributed by atoms with Crippen molar-refractivity contribution in [2.75, 3.05) is 0 Å². The molecule has 0 rings (SSSR count). The Morgan fingerprint density at radius 1 is 1.42 bits per heavy atom. The van der Waals surface area contributed by atoms with Crippen molar-refractivity contribution in [1.29, 1.82) is 10.5 Å². The maximum Gasteiger partial charge on any atom is 0.0666 e. The summed E-state index contributed by atoms with van der Waals surface area (Å²) in [6.07, 6.45) is 1.66. The monoisotopic (exact) mass is 162 g/mol. The predicted molar refractivity (Wildman–Crippen MR) is 48.0 cm³/mol. The second kappa shape index (κ2) is 4.57. The molecule has 0 saturated carbocycles. The molecule has 64 valence electrons. The highest BCUT2D eigenvalue weighted by Gasteiger charge is 2.24. The van der Waals surface area contributed by atoms with Crippen LogP contribution in [0.4, 0.5) is 0 Å². The molecule has 0 aromatic heterocycles. The first-order valence-electron chi connectivity index (χ1n) is 4.03. The van der Waals surface area contributed by atoms with Gasteiger partial charge in [-0.05, 0) is 6.42 Å². The molecule has 0 radical (unpaired) electrons. The Balaban J connectivity index is 4.44. The van der Waals surface area contributed by atoms with Crippen LogP contribution in [0.15, 0.2) is 12.2 Å². The molecule has 0 N–H and O–H groups in total. The summed E-state index contributed by atoms with van der Waals surface area (Å²) >= 11 is 0. The van der Waals surface area contributed by atoms with Crippen LogP contribution in [0, 0.1) is 28.1 Å². The van der Waals surface area contributed by atoms with E-state index >= 15 is 0 Å². The van der Waals surface area contributed by atoms with Gasteiger partial charge in [0.25, 0.3) is 0 Å². The molecule has 1 atom stereocenters. The first-order valence-corrected chi connectivity index (χ1v) is 4.03. The lowest BCUT2D eigenvalue weighted by atomic mass is 9.77. The molecule has 1 unspecified atom stereocenters. The maximum absolute atomic E-state index is 8.58. The van der Waals surface area contributed by atoms with Crippen LogP contribution >= 0.6 is 0 Å². The Labute approximate surface area is 74.1 Å². The van der Waals surface area contributed by atoms with Gasteiger partial charge in [0, 0.05) is 11.8 Å². The zero-order valence-electron chi connectivity index (χ0n) is 7.72. The van der Waals surface area contributed by atoms with Crippen molar-refractivity contribution in [3.8, 4) is 12.1 Å². The third-order valence-electron chi connectivity index (χ3n) is 2.40. The predicted octanol–water partition coefficient (Wildman–Crippen LogP) is 2.79. The van der Waals surface area contributed by atoms with Gasteiger partial charge in [0.2, 0.25) is 0 Å². The minimum absolute atomic E-state index is 0.176. The summed E-state index contributed by atoms with van der Waals surface area (Å²) in [5.41, 5.74) is 0.693. The SMILES string of the molecule is C=C(CC#N)C(C)(CC)CC#N. The second-order valence-electron chi connectivity index (χ2n) is 3.19. The topological polar surface area (TPSA) is 47.6 Å². The molecule has 0 amide bonds. The van der Waals surface area contributed by atoms with E-state index in [2.05, 4.69) is 18.7 Å². The summed E-state index contributed by atoms with van der Waals surface area (Å²) in [4.78, 5) is 0. The average molecular weight is 162 g/mol. The van der Waals surface area contributed by atoms with Gasteiger partial charge >= 0.3 is 0 Å². The zero-order valence-corrected chi connectivity index (χ0v) is 7.72. The van der Waals surface area contributed by atoms with E-state index in [4.69, 9.17) is 10.5 Å². The smallest absolute Gasteiger partial charge is 0.0666 e. The molecule has 0 saturated heterocycles. The Bertz CT molecular complexity index is 242. The van der Waals surface area contributed by atoms with Crippen LogP contribution < -0.4 is 0 Å². The van der Waals surface area contributed by atoms with E-state index in [0.717, 1.165) is 12.0 Å². The minimum Gasteiger partial charge on any atom is -0.198 e. The Kier molecular flexibility index (Phi) is 4.08. The van der Waals surface area contributed by atoms with E-state index in [1.165, 1.54) is 0 Å². The molecule has 12 heavy (non-hydrogen) atoms. The fraction of sp³-hybridized carbons (Fsp3) is 0.600. The lowest BCUT2D eigenvalue weighted by Gasteiger charge is -2.26. The number of nitrogens with zero attached hydrogens (tertiary/aromatic N) is 2. The van der Waals surface area contributed by atoms with Crippen LogP contribution in [-0.2, 0) is 0 Å². The van der Waals surface area contributed by atoms with Crippen LogP contribution in [0.25, 0.3) is 0 Å². The Morgan fingerprint density at radius 2 is 2.00 bits per heavy atom. The molecular weight excluding hydrogens is 148 g/mol. The largest absolute Gasteiger partial charge is 0.198 e. The van der Waals surface area contributed by atoms with Crippen LogP contribution in [0.5, 0.6) is 0 Å². The van der Waals surface area contributed by atoms with E-state index < -0.39 is 0 Å². The molecule has 0 heterocycles. The molecule has 2 nitrogen and oxygen atoms in total. The van der Waals surface area contributed by atoms with Crippen molar-refractivity contribution in [3.63, 3.8) is 0 Å². The number of hydrogen-bond acceptors (Lipinski definition) is 2. The lowest BCUT2D eigenvalue weighted by Crippen LogP contribution is -2.16. The molecular formula is C10H14N2. The normalized spacial score (nSPS) is 14.0. The van der Waals surface area contributed by atoms with Crippen molar-refractivity contribution >= 4 is 0 Å². The summed E-state index contributed by atoms with van der Waals surface area (Å²) < 4.78 is 0. The number of nitriles is 2. The molecule has 0 aliphatic heterocycles. The van der Waals surface area contributed by atoms with Crippen LogP contribution in [0.2, 0.25) is 0 Å². The summed E-state index contributed by atoms with van der Waals surface area (Å²) in [5.74, 6) is 0. The highest BCUT2D eigenvalue weighted by molar-refractivity contribution is 5.15. The summed E-state index contributed by atoms with van der Waals surface area (Å²) in [7, 11) is 0. The van der Waals surface area contributed by atoms with E-state index in [1.54, 1.807) is 0 Å². The quantitative estimate of drug-likeness (QED) is 0.597. The third kappa shape index (κ3) is 2.40. The number of hydrogen-bond donors (Lipinski definition) is 0. The van der Waals surface area contributed by atoms with Crippen LogP contribution in [-0.4, -0.2) is 0 Å². The van der Waals surface area contributed by atoms with Crippen LogP contribution in [0.1, 0.15) is 33.1 Å². The summed E-state index contributed by atoms with van der Waals surface area (Å²) in [5, 5.41) is 17.0. The molecule has 0 fully saturated rings. The van der Waals surface area contributed by atoms with E-state index in [0.29, 0.717) is 12.8 Å². The Morgan fingerprint density at radius 3 is 2.33 bits per heavy atom. The van der Waals surface area contributed by atoms with Gasteiger partial charge in [-0.25, -0.2) is 0 Å². The second-order valence-corrected chi connectivity index (χ2v) is 3.19. The van der Waals surface area contributed by atoms with Crippen LogP contribution in [0.3, 0.4) is 0 Å². The van der Waals surface area contributed by atoms with Gasteiger partial charge in [-0.2, -0.15) is 10.5 Å². The highest BCUT2D eigenvalue weighted by Crippen LogP contribution is 2.34. The minimum atomic E-state index is -0.176. The van der Waals surface area contributed by atoms with Crippen molar-refractivity contribution in [1.82, 2.24) is 0 Å². The number of allylic oxidation sites excluding steroid dienone is 1. The highest BCUT2D eigenvalue weighted by atomic mass is 14.3. The lowest BCUT2D eigenvalue weighted by molar-refractivity contribution is 0.387. The van der Waals surface area contributed by atoms with E-state index in [-0.39, 0.29) is 5.41 Å². The van der Waals surface area contributed by atoms with Gasteiger partial charge in [-0.3, -0.25) is 0 Å². The van der Waals surface area contributed by atoms with Gasteiger partial charge in [0.1, 0.15) is 0 Å². The van der Waals surface area contributed by atoms with Crippen molar-refractivity contribution in [2.24, 2.45) is 5.41 Å².